The van der Waals surface area contributed by atoms with Crippen LogP contribution in [-0.4, -0.2) is 36.5 Å². The van der Waals surface area contributed by atoms with E-state index in [-0.39, 0.29) is 29.6 Å². The van der Waals surface area contributed by atoms with Crippen LogP contribution in [0.3, 0.4) is 0 Å². The summed E-state index contributed by atoms with van der Waals surface area (Å²) in [5, 5.41) is 5.48. The van der Waals surface area contributed by atoms with Gasteiger partial charge in [0, 0.05) is 31.2 Å². The van der Waals surface area contributed by atoms with Gasteiger partial charge in [-0.05, 0) is 49.8 Å². The number of likely N-dealkylation sites (tertiary alicyclic amines) is 1. The minimum atomic E-state index is -0.386. The van der Waals surface area contributed by atoms with Gasteiger partial charge in [0.1, 0.15) is 5.82 Å². The number of urea groups is 1. The summed E-state index contributed by atoms with van der Waals surface area (Å²) < 4.78 is 13.2. The molecule has 0 radical (unpaired) electrons. The molecular weight excluding hydrogens is 345 g/mol. The summed E-state index contributed by atoms with van der Waals surface area (Å²) in [7, 11) is 0. The lowest BCUT2D eigenvalue weighted by Gasteiger charge is -2.35. The Labute approximate surface area is 161 Å². The molecule has 1 fully saturated rings. The van der Waals surface area contributed by atoms with E-state index in [4.69, 9.17) is 0 Å². The van der Waals surface area contributed by atoms with Gasteiger partial charge in [0.15, 0.2) is 0 Å². The molecule has 1 heterocycles. The normalized spacial score (nSPS) is 18.0. The van der Waals surface area contributed by atoms with Gasteiger partial charge in [-0.2, -0.15) is 0 Å². The minimum absolute atomic E-state index is 0.118. The summed E-state index contributed by atoms with van der Waals surface area (Å²) in [4.78, 5) is 26.8. The maximum absolute atomic E-state index is 13.2. The first-order valence-corrected chi connectivity index (χ1v) is 10.1. The molecule has 6 heteroatoms. The highest BCUT2D eigenvalue weighted by molar-refractivity contribution is 5.89. The van der Waals surface area contributed by atoms with Gasteiger partial charge in [-0.15, -0.1) is 0 Å². The number of hydrogen-bond acceptors (Lipinski definition) is 2. The lowest BCUT2D eigenvalue weighted by atomic mass is 9.93. The van der Waals surface area contributed by atoms with Crippen molar-refractivity contribution in [1.82, 2.24) is 10.2 Å². The smallest absolute Gasteiger partial charge is 0.319 e. The van der Waals surface area contributed by atoms with E-state index in [0.29, 0.717) is 18.8 Å². The first-order valence-electron chi connectivity index (χ1n) is 10.1. The number of anilines is 1. The highest BCUT2D eigenvalue weighted by Crippen LogP contribution is 2.22. The van der Waals surface area contributed by atoms with Crippen molar-refractivity contribution < 1.29 is 14.0 Å². The third-order valence-electron chi connectivity index (χ3n) is 5.21. The van der Waals surface area contributed by atoms with Crippen molar-refractivity contribution in [2.45, 2.75) is 52.4 Å². The Morgan fingerprint density at radius 2 is 2.15 bits per heavy atom. The number of piperidine rings is 1. The molecular formula is C21H32FN3O2. The Balaban J connectivity index is 1.80. The minimum Gasteiger partial charge on any atom is -0.342 e. The van der Waals surface area contributed by atoms with E-state index in [1.807, 2.05) is 4.90 Å². The first kappa shape index (κ1) is 21.2. The maximum atomic E-state index is 13.2. The number of nitrogens with zero attached hydrogens (tertiary/aromatic N) is 1. The van der Waals surface area contributed by atoms with Crippen LogP contribution in [0.15, 0.2) is 24.3 Å². The van der Waals surface area contributed by atoms with Crippen LogP contribution < -0.4 is 10.6 Å². The fourth-order valence-electron chi connectivity index (χ4n) is 3.62. The molecule has 0 saturated carbocycles. The van der Waals surface area contributed by atoms with E-state index in [1.165, 1.54) is 12.1 Å². The zero-order valence-corrected chi connectivity index (χ0v) is 16.5. The number of carbonyl (C=O) groups excluding carboxylic acids is 2. The quantitative estimate of drug-likeness (QED) is 0.705. The van der Waals surface area contributed by atoms with Crippen molar-refractivity contribution in [3.63, 3.8) is 0 Å². The van der Waals surface area contributed by atoms with Gasteiger partial charge < -0.3 is 15.5 Å². The number of halogens is 1. The number of rotatable bonds is 8. The van der Waals surface area contributed by atoms with Crippen LogP contribution in [0.5, 0.6) is 0 Å². The second-order valence-corrected chi connectivity index (χ2v) is 7.39. The Morgan fingerprint density at radius 3 is 2.85 bits per heavy atom. The van der Waals surface area contributed by atoms with Crippen LogP contribution in [0.1, 0.15) is 52.4 Å². The average Bonchev–Trinajstić information content (AvgIpc) is 2.67. The number of amides is 3. The molecule has 1 aliphatic rings. The van der Waals surface area contributed by atoms with Crippen molar-refractivity contribution in [2.24, 2.45) is 11.8 Å². The number of benzene rings is 1. The van der Waals surface area contributed by atoms with Crippen LogP contribution in [-0.2, 0) is 4.79 Å². The van der Waals surface area contributed by atoms with Crippen molar-refractivity contribution in [3.05, 3.63) is 30.1 Å². The maximum Gasteiger partial charge on any atom is 0.319 e. The van der Waals surface area contributed by atoms with Gasteiger partial charge in [0.2, 0.25) is 5.91 Å². The Kier molecular flexibility index (Phi) is 8.55. The summed E-state index contributed by atoms with van der Waals surface area (Å²) in [6.45, 7) is 6.25. The number of unbranched alkanes of at least 4 members (excludes halogenated alkanes) is 1. The molecule has 150 valence electrons. The average molecular weight is 378 g/mol. The summed E-state index contributed by atoms with van der Waals surface area (Å²) in [5.74, 6) is 0.250. The topological polar surface area (TPSA) is 61.4 Å². The SMILES string of the molecule is CCCCC(CC)C(=O)N1CCCC(CNC(=O)Nc2cccc(F)c2)C1. The van der Waals surface area contributed by atoms with E-state index in [9.17, 15) is 14.0 Å². The fraction of sp³-hybridized carbons (Fsp3) is 0.619. The van der Waals surface area contributed by atoms with Crippen LogP contribution in [0.25, 0.3) is 0 Å². The molecule has 0 aliphatic carbocycles. The third-order valence-corrected chi connectivity index (χ3v) is 5.21. The van der Waals surface area contributed by atoms with Gasteiger partial charge in [0.25, 0.3) is 0 Å². The molecule has 1 saturated heterocycles. The lowest BCUT2D eigenvalue weighted by Crippen LogP contribution is -2.46. The summed E-state index contributed by atoms with van der Waals surface area (Å²) >= 11 is 0. The fourth-order valence-corrected chi connectivity index (χ4v) is 3.62. The second kappa shape index (κ2) is 10.9. The Hall–Kier alpha value is -2.11. The molecule has 1 aromatic carbocycles. The van der Waals surface area contributed by atoms with Crippen molar-refractivity contribution in [2.75, 3.05) is 25.0 Å². The summed E-state index contributed by atoms with van der Waals surface area (Å²) in [5.41, 5.74) is 0.426. The molecule has 1 aromatic rings. The Bertz CT molecular complexity index is 623. The van der Waals surface area contributed by atoms with Crippen LogP contribution in [0.4, 0.5) is 14.9 Å². The number of hydrogen-bond donors (Lipinski definition) is 2. The zero-order valence-electron chi connectivity index (χ0n) is 16.5. The van der Waals surface area contributed by atoms with Gasteiger partial charge >= 0.3 is 6.03 Å². The molecule has 2 unspecified atom stereocenters. The van der Waals surface area contributed by atoms with Crippen LogP contribution in [0, 0.1) is 17.7 Å². The van der Waals surface area contributed by atoms with E-state index in [1.54, 1.807) is 12.1 Å². The lowest BCUT2D eigenvalue weighted by molar-refractivity contribution is -0.137. The molecule has 0 bridgehead atoms. The third kappa shape index (κ3) is 6.85. The highest BCUT2D eigenvalue weighted by atomic mass is 19.1. The predicted octanol–water partition coefficient (Wildman–Crippen LogP) is 4.40. The van der Waals surface area contributed by atoms with Gasteiger partial charge in [-0.1, -0.05) is 32.8 Å². The van der Waals surface area contributed by atoms with E-state index < -0.39 is 0 Å². The van der Waals surface area contributed by atoms with Crippen molar-refractivity contribution in [1.29, 1.82) is 0 Å². The molecule has 0 spiro atoms. The van der Waals surface area contributed by atoms with Crippen LogP contribution >= 0.6 is 0 Å². The van der Waals surface area contributed by atoms with Gasteiger partial charge in [-0.25, -0.2) is 9.18 Å². The van der Waals surface area contributed by atoms with Crippen molar-refractivity contribution >= 4 is 17.6 Å². The summed E-state index contributed by atoms with van der Waals surface area (Å²) in [6, 6.07) is 5.46. The molecule has 2 rings (SSSR count). The standard InChI is InChI=1S/C21H32FN3O2/c1-3-5-9-17(4-2)20(26)25-12-7-8-16(15-25)14-23-21(27)24-19-11-6-10-18(22)13-19/h6,10-11,13,16-17H,3-5,7-9,12,14-15H2,1-2H3,(H2,23,24,27). The van der Waals surface area contributed by atoms with Gasteiger partial charge in [-0.3, -0.25) is 4.79 Å². The predicted molar refractivity (Wildman–Crippen MR) is 106 cm³/mol. The van der Waals surface area contributed by atoms with Gasteiger partial charge in [0.05, 0.1) is 0 Å². The van der Waals surface area contributed by atoms with E-state index >= 15 is 0 Å². The molecule has 2 N–H and O–H groups in total. The number of nitrogens with one attached hydrogen (secondary N) is 2. The van der Waals surface area contributed by atoms with E-state index in [2.05, 4.69) is 24.5 Å². The van der Waals surface area contributed by atoms with Crippen LogP contribution in [0.2, 0.25) is 0 Å². The Morgan fingerprint density at radius 1 is 1.33 bits per heavy atom. The number of carbonyl (C=O) groups is 2. The monoisotopic (exact) mass is 377 g/mol. The molecule has 27 heavy (non-hydrogen) atoms. The first-order chi connectivity index (χ1) is 13.0. The summed E-state index contributed by atoms with van der Waals surface area (Å²) in [6.07, 6.45) is 6.00. The largest absolute Gasteiger partial charge is 0.342 e. The van der Waals surface area contributed by atoms with E-state index in [0.717, 1.165) is 45.1 Å². The second-order valence-electron chi connectivity index (χ2n) is 7.39. The molecule has 5 nitrogen and oxygen atoms in total. The molecule has 3 amide bonds. The molecule has 1 aliphatic heterocycles. The highest BCUT2D eigenvalue weighted by Gasteiger charge is 2.27. The molecule has 2 atom stereocenters. The zero-order chi connectivity index (χ0) is 19.6. The molecule has 0 aromatic heterocycles. The van der Waals surface area contributed by atoms with Crippen molar-refractivity contribution in [3.8, 4) is 0 Å².